The Morgan fingerprint density at radius 1 is 1.12 bits per heavy atom. The van der Waals surface area contributed by atoms with E-state index in [1.165, 1.54) is 29.0 Å². The minimum Gasteiger partial charge on any atom is -0.395 e. The molecule has 32 heavy (non-hydrogen) atoms. The summed E-state index contributed by atoms with van der Waals surface area (Å²) in [6.07, 6.45) is 1.64. The molecule has 0 aliphatic heterocycles. The lowest BCUT2D eigenvalue weighted by atomic mass is 10.0. The lowest BCUT2D eigenvalue weighted by molar-refractivity contribution is -0.126. The highest BCUT2D eigenvalue weighted by Gasteiger charge is 2.63. The molecule has 2 atom stereocenters. The molecule has 0 spiro atoms. The van der Waals surface area contributed by atoms with E-state index >= 15 is 0 Å². The second-order valence-electron chi connectivity index (χ2n) is 7.59. The lowest BCUT2D eigenvalue weighted by Gasteiger charge is -2.16. The van der Waals surface area contributed by atoms with E-state index in [-0.39, 0.29) is 17.7 Å². The van der Waals surface area contributed by atoms with Gasteiger partial charge in [-0.15, -0.1) is 0 Å². The fourth-order valence-corrected chi connectivity index (χ4v) is 3.68. The fourth-order valence-electron chi connectivity index (χ4n) is 3.55. The summed E-state index contributed by atoms with van der Waals surface area (Å²) in [5.74, 6) is -2.58. The smallest absolute Gasteiger partial charge is 0.255 e. The van der Waals surface area contributed by atoms with Crippen LogP contribution >= 0.6 is 11.6 Å². The summed E-state index contributed by atoms with van der Waals surface area (Å²) in [5.41, 5.74) is -0.960. The Morgan fingerprint density at radius 3 is 2.53 bits per heavy atom. The molecule has 1 heterocycles. The van der Waals surface area contributed by atoms with Gasteiger partial charge < -0.3 is 15.7 Å². The summed E-state index contributed by atoms with van der Waals surface area (Å²) in [7, 11) is 0. The number of anilines is 2. The van der Waals surface area contributed by atoms with Crippen LogP contribution in [0.3, 0.4) is 0 Å². The maximum absolute atomic E-state index is 14.6. The van der Waals surface area contributed by atoms with E-state index in [2.05, 4.69) is 10.6 Å². The number of carbonyl (C=O) groups is 2. The number of pyridine rings is 1. The van der Waals surface area contributed by atoms with Crippen LogP contribution in [0.4, 0.5) is 15.8 Å². The van der Waals surface area contributed by atoms with Gasteiger partial charge in [-0.3, -0.25) is 19.0 Å². The quantitative estimate of drug-likeness (QED) is 0.531. The number of hydrogen-bond donors (Lipinski definition) is 3. The number of halogens is 2. The van der Waals surface area contributed by atoms with Crippen LogP contribution in [0.5, 0.6) is 0 Å². The molecule has 2 amide bonds. The molecule has 0 radical (unpaired) electrons. The number of nitrogens with one attached hydrogen (secondary N) is 2. The van der Waals surface area contributed by atoms with E-state index < -0.39 is 35.6 Å². The third-order valence-electron chi connectivity index (χ3n) is 5.54. The summed E-state index contributed by atoms with van der Waals surface area (Å²) < 4.78 is 15.9. The van der Waals surface area contributed by atoms with Gasteiger partial charge in [0.2, 0.25) is 11.8 Å². The van der Waals surface area contributed by atoms with Crippen molar-refractivity contribution in [2.75, 3.05) is 17.2 Å². The molecular formula is C23H19ClFN3O4. The summed E-state index contributed by atoms with van der Waals surface area (Å²) in [6, 6.07) is 15.0. The lowest BCUT2D eigenvalue weighted by Crippen LogP contribution is -2.32. The predicted octanol–water partition coefficient (Wildman–Crippen LogP) is 3.21. The maximum atomic E-state index is 14.6. The van der Waals surface area contributed by atoms with Crippen LogP contribution in [0, 0.1) is 17.2 Å². The van der Waals surface area contributed by atoms with Gasteiger partial charge in [0, 0.05) is 29.0 Å². The van der Waals surface area contributed by atoms with Crippen molar-refractivity contribution in [1.82, 2.24) is 4.57 Å². The normalized spacial score (nSPS) is 19.3. The Hall–Kier alpha value is -3.49. The van der Waals surface area contributed by atoms with Gasteiger partial charge in [-0.1, -0.05) is 17.7 Å². The number of nitrogens with zero attached hydrogens (tertiary/aromatic N) is 1. The van der Waals surface area contributed by atoms with Crippen LogP contribution in [-0.2, 0) is 9.59 Å². The van der Waals surface area contributed by atoms with Crippen molar-refractivity contribution < 1.29 is 19.1 Å². The topological polar surface area (TPSA) is 100 Å². The predicted molar refractivity (Wildman–Crippen MR) is 118 cm³/mol. The van der Waals surface area contributed by atoms with Crippen molar-refractivity contribution in [3.05, 3.63) is 88.1 Å². The average Bonchev–Trinajstić information content (AvgIpc) is 3.54. The molecule has 1 aliphatic carbocycles. The first-order valence-corrected chi connectivity index (χ1v) is 10.2. The van der Waals surface area contributed by atoms with Gasteiger partial charge in [-0.05, 0) is 48.9 Å². The average molecular weight is 456 g/mol. The monoisotopic (exact) mass is 455 g/mol. The molecule has 1 saturated carbocycles. The van der Waals surface area contributed by atoms with Gasteiger partial charge in [-0.2, -0.15) is 0 Å². The molecule has 0 unspecified atom stereocenters. The van der Waals surface area contributed by atoms with Crippen molar-refractivity contribution in [3.8, 4) is 5.69 Å². The van der Waals surface area contributed by atoms with Crippen molar-refractivity contribution in [2.45, 2.75) is 6.42 Å². The second-order valence-corrected chi connectivity index (χ2v) is 8.03. The van der Waals surface area contributed by atoms with E-state index in [0.29, 0.717) is 16.4 Å². The molecule has 0 saturated heterocycles. The molecule has 9 heteroatoms. The third-order valence-corrected chi connectivity index (χ3v) is 5.79. The molecule has 3 N–H and O–H groups in total. The molecule has 1 aromatic heterocycles. The van der Waals surface area contributed by atoms with Crippen LogP contribution in [0.15, 0.2) is 71.7 Å². The molecule has 4 rings (SSSR count). The van der Waals surface area contributed by atoms with Gasteiger partial charge in [-0.25, -0.2) is 4.39 Å². The number of rotatable bonds is 6. The van der Waals surface area contributed by atoms with Crippen molar-refractivity contribution >= 4 is 34.8 Å². The van der Waals surface area contributed by atoms with Crippen LogP contribution in [-0.4, -0.2) is 28.1 Å². The molecule has 7 nitrogen and oxygen atoms in total. The molecular weight excluding hydrogens is 437 g/mol. The summed E-state index contributed by atoms with van der Waals surface area (Å²) in [4.78, 5) is 37.3. The van der Waals surface area contributed by atoms with E-state index in [0.717, 1.165) is 6.07 Å². The zero-order valence-electron chi connectivity index (χ0n) is 16.7. The third kappa shape index (κ3) is 4.15. The molecule has 2 aromatic carbocycles. The van der Waals surface area contributed by atoms with Gasteiger partial charge in [0.05, 0.1) is 29.3 Å². The van der Waals surface area contributed by atoms with Gasteiger partial charge in [0.25, 0.3) is 5.56 Å². The minimum atomic E-state index is -1.34. The van der Waals surface area contributed by atoms with Gasteiger partial charge in [0.1, 0.15) is 5.82 Å². The molecule has 1 fully saturated rings. The summed E-state index contributed by atoms with van der Waals surface area (Å²) in [5, 5.41) is 15.5. The molecule has 0 bridgehead atoms. The van der Waals surface area contributed by atoms with Crippen molar-refractivity contribution in [3.63, 3.8) is 0 Å². The van der Waals surface area contributed by atoms with Gasteiger partial charge >= 0.3 is 0 Å². The Labute approximate surface area is 187 Å². The largest absolute Gasteiger partial charge is 0.395 e. The number of aliphatic hydroxyl groups excluding tert-OH is 1. The minimum absolute atomic E-state index is 0.112. The number of carbonyl (C=O) groups excluding carboxylic acids is 2. The highest BCUT2D eigenvalue weighted by molar-refractivity contribution is 6.30. The number of hydrogen-bond acceptors (Lipinski definition) is 4. The summed E-state index contributed by atoms with van der Waals surface area (Å²) in [6.45, 7) is -0.559. The Morgan fingerprint density at radius 2 is 1.88 bits per heavy atom. The summed E-state index contributed by atoms with van der Waals surface area (Å²) >= 11 is 5.83. The fraction of sp³-hybridized carbons (Fsp3) is 0.174. The van der Waals surface area contributed by atoms with Crippen LogP contribution in [0.1, 0.15) is 6.42 Å². The van der Waals surface area contributed by atoms with E-state index in [9.17, 15) is 23.9 Å². The first kappa shape index (κ1) is 21.7. The maximum Gasteiger partial charge on any atom is 0.255 e. The van der Waals surface area contributed by atoms with E-state index in [4.69, 9.17) is 11.6 Å². The van der Waals surface area contributed by atoms with E-state index in [1.807, 2.05) is 0 Å². The standard InChI is InChI=1S/C23H19ClFN3O4/c24-14-4-6-15(7-5-14)26-21(31)17-12-23(17,13-29)22(32)27-19-9-8-16(11-18(19)25)28-10-2-1-3-20(28)30/h1-11,17,29H,12-13H2,(H,26,31)(H,27,32)/t17-,23+/m1/s1. The van der Waals surface area contributed by atoms with Crippen molar-refractivity contribution in [1.29, 1.82) is 0 Å². The Kier molecular flexibility index (Phi) is 5.82. The molecule has 1 aliphatic rings. The highest BCUT2D eigenvalue weighted by Crippen LogP contribution is 2.53. The van der Waals surface area contributed by atoms with Gasteiger partial charge in [0.15, 0.2) is 0 Å². The zero-order valence-corrected chi connectivity index (χ0v) is 17.5. The number of aromatic nitrogens is 1. The highest BCUT2D eigenvalue weighted by atomic mass is 35.5. The molecule has 3 aromatic rings. The van der Waals surface area contributed by atoms with Crippen molar-refractivity contribution in [2.24, 2.45) is 11.3 Å². The first-order valence-electron chi connectivity index (χ1n) is 9.80. The van der Waals surface area contributed by atoms with Crippen LogP contribution in [0.25, 0.3) is 5.69 Å². The zero-order chi connectivity index (χ0) is 22.9. The van der Waals surface area contributed by atoms with Crippen LogP contribution in [0.2, 0.25) is 5.02 Å². The second kappa shape index (κ2) is 8.57. The Bertz CT molecular complexity index is 1240. The number of benzene rings is 2. The molecule has 164 valence electrons. The van der Waals surface area contributed by atoms with E-state index in [1.54, 1.807) is 36.4 Å². The SMILES string of the molecule is O=C(Nc1ccc(Cl)cc1)[C@H]1C[C@@]1(CO)C(=O)Nc1ccc(-n2ccccc2=O)cc1F. The number of amides is 2. The first-order chi connectivity index (χ1) is 15.3. The van der Waals surface area contributed by atoms with Crippen LogP contribution < -0.4 is 16.2 Å². The Balaban J connectivity index is 1.47. The number of aliphatic hydroxyl groups is 1.